The number of hydrogen-bond acceptors (Lipinski definition) is 5. The van der Waals surface area contributed by atoms with Crippen molar-refractivity contribution in [3.05, 3.63) is 0 Å². The number of hydrogen-bond donors (Lipinski definition) is 0. The van der Waals surface area contributed by atoms with Crippen molar-refractivity contribution in [3.8, 4) is 0 Å². The summed E-state index contributed by atoms with van der Waals surface area (Å²) in [7, 11) is -2.57. The van der Waals surface area contributed by atoms with Crippen LogP contribution in [0.15, 0.2) is 0 Å². The molecule has 0 spiro atoms. The van der Waals surface area contributed by atoms with E-state index in [0.717, 1.165) is 19.6 Å². The lowest BCUT2D eigenvalue weighted by atomic mass is 10.3. The van der Waals surface area contributed by atoms with Crippen molar-refractivity contribution in [2.75, 3.05) is 39.1 Å². The molecule has 6 heteroatoms. The zero-order chi connectivity index (χ0) is 12.3. The summed E-state index contributed by atoms with van der Waals surface area (Å²) in [6.45, 7) is 10.3. The molecule has 0 aromatic heterocycles. The fourth-order valence-corrected chi connectivity index (χ4v) is 5.00. The van der Waals surface area contributed by atoms with E-state index >= 15 is 0 Å². The Hall–Kier alpha value is 0.0169. The van der Waals surface area contributed by atoms with Crippen LogP contribution in [-0.4, -0.2) is 65.0 Å². The van der Waals surface area contributed by atoms with Crippen LogP contribution in [0.4, 0.5) is 0 Å². The lowest BCUT2D eigenvalue weighted by Crippen LogP contribution is -2.63. The lowest BCUT2D eigenvalue weighted by molar-refractivity contribution is -0.102. The number of rotatable bonds is 3. The zero-order valence-electron chi connectivity index (χ0n) is 11.0. The minimum absolute atomic E-state index is 0.0921. The van der Waals surface area contributed by atoms with E-state index in [1.165, 1.54) is 0 Å². The van der Waals surface area contributed by atoms with Crippen molar-refractivity contribution in [2.24, 2.45) is 0 Å². The predicted octanol–water partition coefficient (Wildman–Crippen LogP) is 0.657. The van der Waals surface area contributed by atoms with E-state index in [9.17, 15) is 0 Å². The van der Waals surface area contributed by atoms with Gasteiger partial charge in [-0.3, -0.25) is 4.90 Å². The molecule has 100 valence electrons. The van der Waals surface area contributed by atoms with Crippen molar-refractivity contribution >= 4 is 8.80 Å². The summed E-state index contributed by atoms with van der Waals surface area (Å²) in [5.41, 5.74) is 0. The molecule has 0 aromatic rings. The topological polar surface area (TPSA) is 40.2 Å². The molecule has 2 rings (SSSR count). The summed E-state index contributed by atoms with van der Waals surface area (Å²) >= 11 is 0. The van der Waals surface area contributed by atoms with Crippen LogP contribution in [-0.2, 0) is 18.0 Å². The molecule has 2 bridgehead atoms. The highest BCUT2D eigenvalue weighted by molar-refractivity contribution is 6.60. The SMILES string of the molecule is CCO[Si]12COCC(CN(CC)CC(C)O1)O2. The highest BCUT2D eigenvalue weighted by Crippen LogP contribution is 2.23. The molecule has 2 aliphatic rings. The third kappa shape index (κ3) is 3.27. The van der Waals surface area contributed by atoms with Crippen LogP contribution in [0, 0.1) is 0 Å². The van der Waals surface area contributed by atoms with Gasteiger partial charge in [-0.05, 0) is 20.4 Å². The zero-order valence-corrected chi connectivity index (χ0v) is 12.0. The Morgan fingerprint density at radius 2 is 2.12 bits per heavy atom. The fraction of sp³-hybridized carbons (Fsp3) is 1.00. The first-order valence-electron chi connectivity index (χ1n) is 6.47. The number of fused-ring (bicyclic) bond motifs is 2. The largest absolute Gasteiger partial charge is 0.528 e. The molecule has 0 aliphatic carbocycles. The van der Waals surface area contributed by atoms with E-state index in [-0.39, 0.29) is 12.2 Å². The summed E-state index contributed by atoms with van der Waals surface area (Å²) in [6.07, 6.45) is 0.721. The molecule has 0 aromatic carbocycles. The molecule has 2 heterocycles. The summed E-state index contributed by atoms with van der Waals surface area (Å²) in [5.74, 6) is 0. The minimum atomic E-state index is -2.57. The van der Waals surface area contributed by atoms with Crippen molar-refractivity contribution in [3.63, 3.8) is 0 Å². The van der Waals surface area contributed by atoms with Crippen LogP contribution in [0.25, 0.3) is 0 Å². The van der Waals surface area contributed by atoms with Gasteiger partial charge >= 0.3 is 8.80 Å². The first-order valence-corrected chi connectivity index (χ1v) is 8.40. The maximum Gasteiger partial charge on any atom is 0.528 e. The average Bonchev–Trinajstić information content (AvgIpc) is 2.27. The molecule has 0 saturated carbocycles. The molecule has 2 aliphatic heterocycles. The molecule has 2 saturated heterocycles. The second kappa shape index (κ2) is 5.77. The molecule has 0 amide bonds. The first-order chi connectivity index (χ1) is 8.17. The van der Waals surface area contributed by atoms with Gasteiger partial charge in [-0.25, -0.2) is 0 Å². The molecular formula is C11H23NO4Si. The van der Waals surface area contributed by atoms with E-state index < -0.39 is 8.80 Å². The molecule has 17 heavy (non-hydrogen) atoms. The quantitative estimate of drug-likeness (QED) is 0.698. The van der Waals surface area contributed by atoms with Gasteiger partial charge in [-0.2, -0.15) is 0 Å². The van der Waals surface area contributed by atoms with Crippen molar-refractivity contribution in [1.29, 1.82) is 0 Å². The Balaban J connectivity index is 2.09. The maximum absolute atomic E-state index is 6.09. The van der Waals surface area contributed by atoms with Crippen LogP contribution in [0.3, 0.4) is 0 Å². The van der Waals surface area contributed by atoms with E-state index in [4.69, 9.17) is 18.0 Å². The van der Waals surface area contributed by atoms with Gasteiger partial charge in [0.25, 0.3) is 0 Å². The second-order valence-corrected chi connectivity index (χ2v) is 7.07. The lowest BCUT2D eigenvalue weighted by Gasteiger charge is -2.43. The van der Waals surface area contributed by atoms with Gasteiger partial charge in [0.15, 0.2) is 0 Å². The van der Waals surface area contributed by atoms with Crippen molar-refractivity contribution in [2.45, 2.75) is 33.0 Å². The molecule has 3 unspecified atom stereocenters. The Bertz CT molecular complexity index is 248. The van der Waals surface area contributed by atoms with E-state index in [0.29, 0.717) is 19.4 Å². The van der Waals surface area contributed by atoms with Gasteiger partial charge in [0, 0.05) is 19.7 Å². The monoisotopic (exact) mass is 261 g/mol. The Morgan fingerprint density at radius 3 is 2.82 bits per heavy atom. The summed E-state index contributed by atoms with van der Waals surface area (Å²) < 4.78 is 23.5. The van der Waals surface area contributed by atoms with Gasteiger partial charge in [0.05, 0.1) is 18.8 Å². The van der Waals surface area contributed by atoms with E-state index in [2.05, 4.69) is 18.7 Å². The normalized spacial score (nSPS) is 39.7. The Morgan fingerprint density at radius 1 is 1.29 bits per heavy atom. The Kier molecular flexibility index (Phi) is 4.57. The van der Waals surface area contributed by atoms with Gasteiger partial charge in [-0.15, -0.1) is 0 Å². The van der Waals surface area contributed by atoms with Gasteiger partial charge in [0.1, 0.15) is 6.23 Å². The van der Waals surface area contributed by atoms with Gasteiger partial charge in [0.2, 0.25) is 0 Å². The average molecular weight is 261 g/mol. The van der Waals surface area contributed by atoms with Gasteiger partial charge < -0.3 is 18.0 Å². The highest BCUT2D eigenvalue weighted by Gasteiger charge is 2.49. The van der Waals surface area contributed by atoms with Gasteiger partial charge in [-0.1, -0.05) is 6.92 Å². The Labute approximate surface area is 104 Å². The highest BCUT2D eigenvalue weighted by atomic mass is 28.4. The maximum atomic E-state index is 6.09. The number of nitrogens with zero attached hydrogens (tertiary/aromatic N) is 1. The number of likely N-dealkylation sites (N-methyl/N-ethyl adjacent to an activating group) is 1. The van der Waals surface area contributed by atoms with E-state index in [1.807, 2.05) is 6.92 Å². The van der Waals surface area contributed by atoms with Crippen LogP contribution in [0.1, 0.15) is 20.8 Å². The third-order valence-corrected chi connectivity index (χ3v) is 5.84. The third-order valence-electron chi connectivity index (χ3n) is 3.10. The molecule has 0 N–H and O–H groups in total. The van der Waals surface area contributed by atoms with Crippen LogP contribution >= 0.6 is 0 Å². The van der Waals surface area contributed by atoms with Crippen molar-refractivity contribution < 1.29 is 18.0 Å². The fourth-order valence-electron chi connectivity index (χ4n) is 2.45. The van der Waals surface area contributed by atoms with Crippen LogP contribution in [0.2, 0.25) is 0 Å². The predicted molar refractivity (Wildman–Crippen MR) is 65.7 cm³/mol. The van der Waals surface area contributed by atoms with Crippen LogP contribution < -0.4 is 0 Å². The number of ether oxygens (including phenoxy) is 1. The molecule has 3 atom stereocenters. The summed E-state index contributed by atoms with van der Waals surface area (Å²) in [4.78, 5) is 2.34. The minimum Gasteiger partial charge on any atom is -0.374 e. The first kappa shape index (κ1) is 13.4. The second-order valence-electron chi connectivity index (χ2n) is 4.65. The van der Waals surface area contributed by atoms with E-state index in [1.54, 1.807) is 0 Å². The molecule has 0 radical (unpaired) electrons. The van der Waals surface area contributed by atoms with Crippen LogP contribution in [0.5, 0.6) is 0 Å². The summed E-state index contributed by atoms with van der Waals surface area (Å²) in [6, 6.07) is 0. The molecule has 2 fully saturated rings. The smallest absolute Gasteiger partial charge is 0.374 e. The van der Waals surface area contributed by atoms with Crippen molar-refractivity contribution in [1.82, 2.24) is 4.90 Å². The summed E-state index contributed by atoms with van der Waals surface area (Å²) in [5, 5.41) is 0. The standard InChI is InChI=1S/C11H23NO4Si/c1-4-12-6-10(3)15-17(14-5-2)9-13-8-11(7-12)16-17/h10-11H,4-9H2,1-3H3. The molecular weight excluding hydrogens is 238 g/mol. The molecule has 5 nitrogen and oxygen atoms in total.